The molecule has 0 amide bonds. The maximum atomic E-state index is 4.50. The number of fused-ring (bicyclic) bond motifs is 1. The summed E-state index contributed by atoms with van der Waals surface area (Å²) in [5, 5.41) is 12.3. The molecule has 1 aliphatic rings. The Morgan fingerprint density at radius 1 is 1.41 bits per heavy atom. The Balaban J connectivity index is 2.12. The van der Waals surface area contributed by atoms with E-state index in [1.54, 1.807) is 0 Å². The monoisotopic (exact) mass is 231 g/mol. The van der Waals surface area contributed by atoms with Crippen LogP contribution in [-0.4, -0.2) is 26.1 Å². The number of anilines is 1. The van der Waals surface area contributed by atoms with Gasteiger partial charge in [0, 0.05) is 30.9 Å². The molecule has 2 aromatic heterocycles. The second-order valence-corrected chi connectivity index (χ2v) is 4.60. The normalized spacial score (nSPS) is 18.9. The predicted molar refractivity (Wildman–Crippen MR) is 66.2 cm³/mol. The van der Waals surface area contributed by atoms with Crippen LogP contribution in [0.3, 0.4) is 0 Å². The minimum atomic E-state index is 0.315. The maximum Gasteiger partial charge on any atom is 0.124 e. The van der Waals surface area contributed by atoms with Crippen molar-refractivity contribution in [2.45, 2.75) is 26.3 Å². The van der Waals surface area contributed by atoms with Crippen LogP contribution in [0.5, 0.6) is 0 Å². The van der Waals surface area contributed by atoms with E-state index < -0.39 is 0 Å². The van der Waals surface area contributed by atoms with Crippen molar-refractivity contribution in [1.82, 2.24) is 19.6 Å². The number of nitrogens with one attached hydrogen (secondary N) is 1. The fourth-order valence-corrected chi connectivity index (χ4v) is 2.70. The standard InChI is InChI=1S/C12H17N5/c1-8-12(9(2)16(3)15-8)10-4-6-13-11-5-7-14-17(10)11/h5,7,10,13H,4,6H2,1-3H3. The highest BCUT2D eigenvalue weighted by Crippen LogP contribution is 2.32. The first-order chi connectivity index (χ1) is 8.18. The molecular weight excluding hydrogens is 214 g/mol. The molecule has 3 rings (SSSR count). The van der Waals surface area contributed by atoms with Crippen molar-refractivity contribution in [3.63, 3.8) is 0 Å². The van der Waals surface area contributed by atoms with Gasteiger partial charge in [-0.05, 0) is 20.3 Å². The Morgan fingerprint density at radius 3 is 2.94 bits per heavy atom. The Morgan fingerprint density at radius 2 is 2.24 bits per heavy atom. The summed E-state index contributed by atoms with van der Waals surface area (Å²) in [7, 11) is 2.00. The van der Waals surface area contributed by atoms with E-state index in [1.807, 2.05) is 24.0 Å². The quantitative estimate of drug-likeness (QED) is 0.811. The van der Waals surface area contributed by atoms with Gasteiger partial charge in [0.1, 0.15) is 5.82 Å². The van der Waals surface area contributed by atoms with Gasteiger partial charge in [-0.15, -0.1) is 0 Å². The molecule has 2 aromatic rings. The fourth-order valence-electron chi connectivity index (χ4n) is 2.70. The summed E-state index contributed by atoms with van der Waals surface area (Å²) in [6, 6.07) is 2.34. The van der Waals surface area contributed by atoms with Gasteiger partial charge in [-0.3, -0.25) is 4.68 Å². The first-order valence-corrected chi connectivity index (χ1v) is 5.96. The Labute approximate surface area is 100 Å². The molecule has 17 heavy (non-hydrogen) atoms. The van der Waals surface area contributed by atoms with Gasteiger partial charge in [0.25, 0.3) is 0 Å². The minimum absolute atomic E-state index is 0.315. The van der Waals surface area contributed by atoms with Gasteiger partial charge in [-0.25, -0.2) is 4.68 Å². The molecule has 1 N–H and O–H groups in total. The first-order valence-electron chi connectivity index (χ1n) is 5.96. The third-order valence-electron chi connectivity index (χ3n) is 3.59. The highest BCUT2D eigenvalue weighted by atomic mass is 15.4. The van der Waals surface area contributed by atoms with E-state index in [4.69, 9.17) is 0 Å². The molecular formula is C12H17N5. The lowest BCUT2D eigenvalue weighted by atomic mass is 10.0. The van der Waals surface area contributed by atoms with Gasteiger partial charge in [-0.1, -0.05) is 0 Å². The highest BCUT2D eigenvalue weighted by molar-refractivity contribution is 5.40. The zero-order chi connectivity index (χ0) is 12.0. The topological polar surface area (TPSA) is 47.7 Å². The van der Waals surface area contributed by atoms with Crippen LogP contribution in [0.25, 0.3) is 0 Å². The summed E-state index contributed by atoms with van der Waals surface area (Å²) in [4.78, 5) is 0. The highest BCUT2D eigenvalue weighted by Gasteiger charge is 2.26. The van der Waals surface area contributed by atoms with E-state index in [1.165, 1.54) is 11.3 Å². The summed E-state index contributed by atoms with van der Waals surface area (Å²) >= 11 is 0. The molecule has 90 valence electrons. The zero-order valence-corrected chi connectivity index (χ0v) is 10.4. The lowest BCUT2D eigenvalue weighted by Gasteiger charge is -2.26. The van der Waals surface area contributed by atoms with Crippen LogP contribution in [-0.2, 0) is 7.05 Å². The fraction of sp³-hybridized carbons (Fsp3) is 0.500. The lowest BCUT2D eigenvalue weighted by Crippen LogP contribution is -2.25. The first kappa shape index (κ1) is 10.4. The third kappa shape index (κ3) is 1.45. The lowest BCUT2D eigenvalue weighted by molar-refractivity contribution is 0.478. The van der Waals surface area contributed by atoms with Crippen LogP contribution in [0.15, 0.2) is 12.3 Å². The van der Waals surface area contributed by atoms with E-state index in [9.17, 15) is 0 Å². The third-order valence-corrected chi connectivity index (χ3v) is 3.59. The molecule has 1 atom stereocenters. The van der Waals surface area contributed by atoms with Gasteiger partial charge in [0.15, 0.2) is 0 Å². The van der Waals surface area contributed by atoms with Crippen LogP contribution in [0.1, 0.15) is 29.4 Å². The molecule has 5 heteroatoms. The summed E-state index contributed by atoms with van der Waals surface area (Å²) < 4.78 is 4.02. The number of hydrogen-bond acceptors (Lipinski definition) is 3. The van der Waals surface area contributed by atoms with Gasteiger partial charge in [0.05, 0.1) is 17.9 Å². The number of aromatic nitrogens is 4. The summed E-state index contributed by atoms with van der Waals surface area (Å²) in [5.41, 5.74) is 3.66. The molecule has 0 aromatic carbocycles. The van der Waals surface area contributed by atoms with Crippen molar-refractivity contribution < 1.29 is 0 Å². The van der Waals surface area contributed by atoms with Crippen LogP contribution < -0.4 is 5.32 Å². The SMILES string of the molecule is Cc1nn(C)c(C)c1C1CCNc2ccnn21. The number of hydrogen-bond donors (Lipinski definition) is 1. The van der Waals surface area contributed by atoms with Gasteiger partial charge >= 0.3 is 0 Å². The number of rotatable bonds is 1. The number of nitrogens with zero attached hydrogens (tertiary/aromatic N) is 4. The van der Waals surface area contributed by atoms with Crippen LogP contribution in [0, 0.1) is 13.8 Å². The van der Waals surface area contributed by atoms with Gasteiger partial charge in [0.2, 0.25) is 0 Å². The Kier molecular flexibility index (Phi) is 2.21. The maximum absolute atomic E-state index is 4.50. The minimum Gasteiger partial charge on any atom is -0.370 e. The van der Waals surface area contributed by atoms with Crippen LogP contribution in [0.2, 0.25) is 0 Å². The second kappa shape index (κ2) is 3.61. The summed E-state index contributed by atoms with van der Waals surface area (Å²) in [6.45, 7) is 5.19. The Hall–Kier alpha value is -1.78. The average Bonchev–Trinajstić information content (AvgIpc) is 2.85. The van der Waals surface area contributed by atoms with Gasteiger partial charge in [-0.2, -0.15) is 10.2 Å². The molecule has 0 fully saturated rings. The van der Waals surface area contributed by atoms with Crippen molar-refractivity contribution in [2.24, 2.45) is 7.05 Å². The summed E-state index contributed by atoms with van der Waals surface area (Å²) in [5.74, 6) is 1.10. The molecule has 1 aliphatic heterocycles. The van der Waals surface area contributed by atoms with E-state index >= 15 is 0 Å². The molecule has 3 heterocycles. The smallest absolute Gasteiger partial charge is 0.124 e. The molecule has 1 unspecified atom stereocenters. The number of aryl methyl sites for hydroxylation is 2. The summed E-state index contributed by atoms with van der Waals surface area (Å²) in [6.07, 6.45) is 2.91. The molecule has 0 spiro atoms. The predicted octanol–water partition coefficient (Wildman–Crippen LogP) is 1.64. The van der Waals surface area contributed by atoms with Crippen molar-refractivity contribution in [3.05, 3.63) is 29.2 Å². The van der Waals surface area contributed by atoms with Crippen molar-refractivity contribution in [3.8, 4) is 0 Å². The largest absolute Gasteiger partial charge is 0.370 e. The molecule has 0 bridgehead atoms. The van der Waals surface area contributed by atoms with Crippen molar-refractivity contribution in [2.75, 3.05) is 11.9 Å². The van der Waals surface area contributed by atoms with Crippen LogP contribution >= 0.6 is 0 Å². The Bertz CT molecular complexity index is 551. The molecule has 5 nitrogen and oxygen atoms in total. The molecule has 0 radical (unpaired) electrons. The van der Waals surface area contributed by atoms with E-state index in [-0.39, 0.29) is 0 Å². The van der Waals surface area contributed by atoms with Crippen molar-refractivity contribution in [1.29, 1.82) is 0 Å². The molecule has 0 saturated heterocycles. The zero-order valence-electron chi connectivity index (χ0n) is 10.4. The second-order valence-electron chi connectivity index (χ2n) is 4.60. The van der Waals surface area contributed by atoms with Gasteiger partial charge < -0.3 is 5.32 Å². The van der Waals surface area contributed by atoms with Crippen LogP contribution in [0.4, 0.5) is 5.82 Å². The van der Waals surface area contributed by atoms with E-state index in [2.05, 4.69) is 34.0 Å². The average molecular weight is 231 g/mol. The molecule has 0 saturated carbocycles. The molecule has 0 aliphatic carbocycles. The van der Waals surface area contributed by atoms with E-state index in [0.29, 0.717) is 6.04 Å². The van der Waals surface area contributed by atoms with E-state index in [0.717, 1.165) is 24.5 Å². The van der Waals surface area contributed by atoms with Crippen molar-refractivity contribution >= 4 is 5.82 Å².